The van der Waals surface area contributed by atoms with Gasteiger partial charge >= 0.3 is 0 Å². The second-order valence-corrected chi connectivity index (χ2v) is 7.49. The van der Waals surface area contributed by atoms with Crippen LogP contribution in [0.3, 0.4) is 0 Å². The van der Waals surface area contributed by atoms with Crippen LogP contribution in [0.1, 0.15) is 11.3 Å². The Labute approximate surface area is 167 Å². The molecule has 0 spiro atoms. The van der Waals surface area contributed by atoms with E-state index in [0.29, 0.717) is 35.2 Å². The molecule has 142 valence electrons. The van der Waals surface area contributed by atoms with E-state index in [2.05, 4.69) is 0 Å². The number of nitrogens with one attached hydrogen (secondary N) is 1. The number of nitrogens with zero attached hydrogens (tertiary/aromatic N) is 1. The van der Waals surface area contributed by atoms with Crippen LogP contribution in [-0.2, 0) is 13.1 Å². The van der Waals surface area contributed by atoms with Crippen molar-refractivity contribution in [3.05, 3.63) is 63.9 Å². The first-order valence-corrected chi connectivity index (χ1v) is 9.68. The second-order valence-electron chi connectivity index (χ2n) is 6.22. The number of hydrogen-bond donors (Lipinski definition) is 1. The minimum absolute atomic E-state index is 0.272. The highest BCUT2D eigenvalue weighted by molar-refractivity contribution is 7.13. The van der Waals surface area contributed by atoms with E-state index >= 15 is 0 Å². The highest BCUT2D eigenvalue weighted by Gasteiger charge is 2.15. The third kappa shape index (κ3) is 4.58. The van der Waals surface area contributed by atoms with Crippen LogP contribution >= 0.6 is 22.9 Å². The van der Waals surface area contributed by atoms with E-state index < -0.39 is 0 Å². The summed E-state index contributed by atoms with van der Waals surface area (Å²) in [6, 6.07) is 10.5. The van der Waals surface area contributed by atoms with Gasteiger partial charge in [0.1, 0.15) is 29.6 Å². The molecular weight excluding hydrogens is 387 g/mol. The molecule has 0 aliphatic rings. The predicted octanol–water partition coefficient (Wildman–Crippen LogP) is 3.83. The normalized spacial score (nSPS) is 12.0. The Morgan fingerprint density at radius 3 is 2.59 bits per heavy atom. The summed E-state index contributed by atoms with van der Waals surface area (Å²) in [4.78, 5) is 5.82. The van der Waals surface area contributed by atoms with Crippen LogP contribution in [0.4, 0.5) is 4.39 Å². The first-order chi connectivity index (χ1) is 13.0. The average Bonchev–Trinajstić information content (AvgIpc) is 3.12. The molecule has 1 heterocycles. The fourth-order valence-corrected chi connectivity index (χ4v) is 3.91. The van der Waals surface area contributed by atoms with Crippen molar-refractivity contribution >= 4 is 22.9 Å². The molecule has 0 amide bonds. The van der Waals surface area contributed by atoms with E-state index in [1.54, 1.807) is 37.7 Å². The fraction of sp³-hybridized carbons (Fsp3) is 0.250. The maximum Gasteiger partial charge on any atom is 0.161 e. The zero-order chi connectivity index (χ0) is 19.4. The Hall–Kier alpha value is -2.15. The Bertz CT molecular complexity index is 912. The lowest BCUT2D eigenvalue weighted by Gasteiger charge is -2.14. The lowest BCUT2D eigenvalue weighted by atomic mass is 10.2. The zero-order valence-electron chi connectivity index (χ0n) is 15.4. The number of methoxy groups -OCH3 is 2. The molecule has 7 heteroatoms. The Morgan fingerprint density at radius 2 is 1.89 bits per heavy atom. The molecule has 0 saturated carbocycles. The smallest absolute Gasteiger partial charge is 0.161 e. The van der Waals surface area contributed by atoms with Gasteiger partial charge < -0.3 is 14.4 Å². The quantitative estimate of drug-likeness (QED) is 0.646. The van der Waals surface area contributed by atoms with E-state index in [9.17, 15) is 4.39 Å². The van der Waals surface area contributed by atoms with Crippen molar-refractivity contribution in [3.63, 3.8) is 0 Å². The number of aromatic nitrogens is 1. The Balaban J connectivity index is 1.72. The number of benzene rings is 2. The van der Waals surface area contributed by atoms with Crippen molar-refractivity contribution in [2.75, 3.05) is 21.3 Å². The molecule has 0 fully saturated rings. The summed E-state index contributed by atoms with van der Waals surface area (Å²) < 4.78 is 24.6. The zero-order valence-corrected chi connectivity index (χ0v) is 17.0. The lowest BCUT2D eigenvalue weighted by molar-refractivity contribution is -0.908. The number of ether oxygens (including phenoxy) is 2. The maximum absolute atomic E-state index is 14.0. The van der Waals surface area contributed by atoms with Crippen LogP contribution in [0, 0.1) is 5.82 Å². The molecule has 0 saturated heterocycles. The van der Waals surface area contributed by atoms with Gasteiger partial charge in [0, 0.05) is 10.9 Å². The second kappa shape index (κ2) is 8.69. The van der Waals surface area contributed by atoms with Gasteiger partial charge in [-0.3, -0.25) is 0 Å². The molecular formula is C20H21ClFN2O2S+. The van der Waals surface area contributed by atoms with Gasteiger partial charge in [-0.05, 0) is 30.3 Å². The Morgan fingerprint density at radius 1 is 1.11 bits per heavy atom. The van der Waals surface area contributed by atoms with Crippen molar-refractivity contribution in [1.82, 2.24) is 4.98 Å². The molecule has 0 radical (unpaired) electrons. The maximum atomic E-state index is 14.0. The third-order valence-electron chi connectivity index (χ3n) is 4.21. The molecule has 1 aromatic heterocycles. The molecule has 1 unspecified atom stereocenters. The SMILES string of the molecule is COc1ccc(-c2nc(C[NH+](C)Cc3c(F)cccc3Cl)cs2)cc1OC. The summed E-state index contributed by atoms with van der Waals surface area (Å²) in [7, 11) is 5.22. The largest absolute Gasteiger partial charge is 0.493 e. The molecule has 0 aliphatic heterocycles. The van der Waals surface area contributed by atoms with E-state index in [1.165, 1.54) is 6.07 Å². The van der Waals surface area contributed by atoms with Crippen molar-refractivity contribution in [1.29, 1.82) is 0 Å². The standard InChI is InChI=1S/C20H20ClFN2O2S/c1-24(11-15-16(21)5-4-6-17(15)22)10-14-12-27-20(23-14)13-7-8-18(25-2)19(9-13)26-3/h4-9,12H,10-11H2,1-3H3/p+1. The summed E-state index contributed by atoms with van der Waals surface area (Å²) in [5.41, 5.74) is 2.46. The molecule has 1 atom stereocenters. The molecule has 4 nitrogen and oxygen atoms in total. The van der Waals surface area contributed by atoms with Gasteiger partial charge in [0.05, 0.1) is 31.9 Å². The number of hydrogen-bond acceptors (Lipinski definition) is 4. The van der Waals surface area contributed by atoms with Crippen molar-refractivity contribution in [3.8, 4) is 22.1 Å². The first-order valence-electron chi connectivity index (χ1n) is 8.42. The van der Waals surface area contributed by atoms with E-state index in [1.807, 2.05) is 30.6 Å². The van der Waals surface area contributed by atoms with Gasteiger partial charge in [-0.1, -0.05) is 17.7 Å². The minimum atomic E-state index is -0.272. The van der Waals surface area contributed by atoms with Crippen LogP contribution < -0.4 is 14.4 Å². The highest BCUT2D eigenvalue weighted by Crippen LogP contribution is 2.33. The van der Waals surface area contributed by atoms with Crippen molar-refractivity contribution in [2.24, 2.45) is 0 Å². The molecule has 3 rings (SSSR count). The van der Waals surface area contributed by atoms with Gasteiger partial charge in [0.15, 0.2) is 11.5 Å². The summed E-state index contributed by atoms with van der Waals surface area (Å²) in [6.07, 6.45) is 0. The molecule has 0 aliphatic carbocycles. The fourth-order valence-electron chi connectivity index (χ4n) is 2.86. The molecule has 27 heavy (non-hydrogen) atoms. The topological polar surface area (TPSA) is 35.8 Å². The summed E-state index contributed by atoms with van der Waals surface area (Å²) in [5, 5.41) is 3.39. The molecule has 2 aromatic carbocycles. The van der Waals surface area contributed by atoms with Crippen LogP contribution in [0.15, 0.2) is 41.8 Å². The van der Waals surface area contributed by atoms with Gasteiger partial charge in [-0.25, -0.2) is 9.37 Å². The van der Waals surface area contributed by atoms with Gasteiger partial charge in [0.2, 0.25) is 0 Å². The van der Waals surface area contributed by atoms with Gasteiger partial charge in [0.25, 0.3) is 0 Å². The monoisotopic (exact) mass is 407 g/mol. The summed E-state index contributed by atoms with van der Waals surface area (Å²) >= 11 is 7.69. The van der Waals surface area contributed by atoms with Crippen LogP contribution in [0.25, 0.3) is 10.6 Å². The van der Waals surface area contributed by atoms with E-state index in [0.717, 1.165) is 21.2 Å². The number of quaternary nitrogens is 1. The van der Waals surface area contributed by atoms with Gasteiger partial charge in [-0.15, -0.1) is 11.3 Å². The van der Waals surface area contributed by atoms with Gasteiger partial charge in [-0.2, -0.15) is 0 Å². The Kier molecular flexibility index (Phi) is 6.31. The van der Waals surface area contributed by atoms with Crippen molar-refractivity contribution in [2.45, 2.75) is 13.1 Å². The molecule has 3 aromatic rings. The summed E-state index contributed by atoms with van der Waals surface area (Å²) in [5.74, 6) is 1.08. The summed E-state index contributed by atoms with van der Waals surface area (Å²) in [6.45, 7) is 1.17. The molecule has 1 N–H and O–H groups in total. The third-order valence-corrected chi connectivity index (χ3v) is 5.50. The number of thiazole rings is 1. The number of rotatable bonds is 7. The average molecular weight is 408 g/mol. The number of halogens is 2. The van der Waals surface area contributed by atoms with E-state index in [4.69, 9.17) is 26.1 Å². The predicted molar refractivity (Wildman–Crippen MR) is 106 cm³/mol. The first kappa shape index (κ1) is 19.6. The van der Waals surface area contributed by atoms with Crippen molar-refractivity contribution < 1.29 is 18.8 Å². The van der Waals surface area contributed by atoms with Crippen LogP contribution in [-0.4, -0.2) is 26.3 Å². The molecule has 0 bridgehead atoms. The van der Waals surface area contributed by atoms with Crippen LogP contribution in [0.5, 0.6) is 11.5 Å². The lowest BCUT2D eigenvalue weighted by Crippen LogP contribution is -3.06. The highest BCUT2D eigenvalue weighted by atomic mass is 35.5. The van der Waals surface area contributed by atoms with Crippen LogP contribution in [0.2, 0.25) is 5.02 Å². The van der Waals surface area contributed by atoms with E-state index in [-0.39, 0.29) is 5.82 Å². The minimum Gasteiger partial charge on any atom is -0.493 e.